The fourth-order valence-electron chi connectivity index (χ4n) is 5.73. The van der Waals surface area contributed by atoms with Crippen LogP contribution in [0.2, 0.25) is 0 Å². The van der Waals surface area contributed by atoms with Crippen molar-refractivity contribution in [3.05, 3.63) is 64.7 Å². The van der Waals surface area contributed by atoms with Crippen molar-refractivity contribution in [3.63, 3.8) is 0 Å². The number of carbonyl (C=O) groups is 1. The second-order valence-corrected chi connectivity index (χ2v) is 12.7. The molecule has 1 amide bonds. The molecule has 4 heterocycles. The van der Waals surface area contributed by atoms with Gasteiger partial charge < -0.3 is 14.8 Å². The Hall–Kier alpha value is -3.70. The van der Waals surface area contributed by atoms with E-state index in [1.165, 1.54) is 10.9 Å². The quantitative estimate of drug-likeness (QED) is 0.387. The van der Waals surface area contributed by atoms with Crippen molar-refractivity contribution in [2.45, 2.75) is 44.0 Å². The minimum absolute atomic E-state index is 0.00175. The Morgan fingerprint density at radius 1 is 0.950 bits per heavy atom. The van der Waals surface area contributed by atoms with Crippen LogP contribution in [0.5, 0.6) is 0 Å². The first-order valence-electron chi connectivity index (χ1n) is 13.9. The third-order valence-corrected chi connectivity index (χ3v) is 9.99. The van der Waals surface area contributed by atoms with Gasteiger partial charge in [0.05, 0.1) is 11.2 Å². The Bertz CT molecular complexity index is 1710. The molecule has 210 valence electrons. The second-order valence-electron chi connectivity index (χ2n) is 10.7. The number of anilines is 1. The molecule has 10 nitrogen and oxygen atoms in total. The Morgan fingerprint density at radius 2 is 1.68 bits per heavy atom. The number of amides is 1. The number of hydrogen-bond donors (Lipinski definition) is 1. The Balaban J connectivity index is 1.05. The van der Waals surface area contributed by atoms with Gasteiger partial charge in [0.25, 0.3) is 5.56 Å². The van der Waals surface area contributed by atoms with E-state index in [0.29, 0.717) is 55.2 Å². The van der Waals surface area contributed by atoms with E-state index in [2.05, 4.69) is 14.9 Å². The summed E-state index contributed by atoms with van der Waals surface area (Å²) in [6.07, 6.45) is 4.64. The summed E-state index contributed by atoms with van der Waals surface area (Å²) < 4.78 is 29.0. The molecule has 2 aromatic heterocycles. The summed E-state index contributed by atoms with van der Waals surface area (Å²) in [5, 5.41) is 0.923. The first kappa shape index (κ1) is 26.5. The van der Waals surface area contributed by atoms with Crippen LogP contribution in [-0.4, -0.2) is 77.3 Å². The van der Waals surface area contributed by atoms with Crippen LogP contribution in [0.15, 0.2) is 58.5 Å². The molecular formula is C29H34N6O4S. The number of H-pyrrole nitrogens is 1. The first-order valence-corrected chi connectivity index (χ1v) is 15.4. The van der Waals surface area contributed by atoms with Crippen LogP contribution in [0.4, 0.5) is 5.69 Å². The standard InChI is InChI=1S/C29H34N6O4S/c1-21-5-10-25-24(19-21)27-28(31-25)29(37)34(20-30-27)14-11-26(36)33-17-15-32(16-18-33)22-6-8-23(9-7-22)40(38,39)35-12-3-2-4-13-35/h5-10,19-20,31H,2-4,11-18H2,1H3. The van der Waals surface area contributed by atoms with Gasteiger partial charge in [-0.3, -0.25) is 14.2 Å². The highest BCUT2D eigenvalue weighted by Gasteiger charge is 2.27. The summed E-state index contributed by atoms with van der Waals surface area (Å²) in [4.78, 5) is 38.1. The fourth-order valence-corrected chi connectivity index (χ4v) is 7.25. The van der Waals surface area contributed by atoms with Gasteiger partial charge in [0.2, 0.25) is 15.9 Å². The summed E-state index contributed by atoms with van der Waals surface area (Å²) >= 11 is 0. The number of carbonyl (C=O) groups excluding carboxylic acids is 1. The lowest BCUT2D eigenvalue weighted by atomic mass is 10.2. The number of piperidine rings is 1. The molecule has 0 bridgehead atoms. The molecule has 0 radical (unpaired) electrons. The lowest BCUT2D eigenvalue weighted by Gasteiger charge is -2.36. The molecular weight excluding hydrogens is 528 g/mol. The number of hydrogen-bond acceptors (Lipinski definition) is 6. The molecule has 6 rings (SSSR count). The largest absolute Gasteiger partial charge is 0.368 e. The number of benzene rings is 2. The minimum atomic E-state index is -3.45. The Kier molecular flexibility index (Phi) is 7.09. The average molecular weight is 563 g/mol. The number of sulfonamides is 1. The van der Waals surface area contributed by atoms with Gasteiger partial charge in [0, 0.05) is 68.8 Å². The van der Waals surface area contributed by atoms with Crippen LogP contribution >= 0.6 is 0 Å². The summed E-state index contributed by atoms with van der Waals surface area (Å²) in [7, 11) is -3.45. The minimum Gasteiger partial charge on any atom is -0.368 e. The van der Waals surface area contributed by atoms with Gasteiger partial charge >= 0.3 is 0 Å². The van der Waals surface area contributed by atoms with Gasteiger partial charge in [-0.2, -0.15) is 4.31 Å². The maximum atomic E-state index is 13.1. The van der Waals surface area contributed by atoms with Crippen LogP contribution in [0.1, 0.15) is 31.2 Å². The SMILES string of the molecule is Cc1ccc2[nH]c3c(=O)n(CCC(=O)N4CCN(c5ccc(S(=O)(=O)N6CCCCC6)cc5)CC4)cnc3c2c1. The predicted molar refractivity (Wildman–Crippen MR) is 155 cm³/mol. The molecule has 2 fully saturated rings. The maximum Gasteiger partial charge on any atom is 0.277 e. The highest BCUT2D eigenvalue weighted by Crippen LogP contribution is 2.25. The summed E-state index contributed by atoms with van der Waals surface area (Å²) in [5.74, 6) is 0.00175. The van der Waals surface area contributed by atoms with E-state index in [1.807, 2.05) is 42.2 Å². The molecule has 4 aromatic rings. The number of aromatic amines is 1. The van der Waals surface area contributed by atoms with E-state index in [0.717, 1.165) is 41.4 Å². The lowest BCUT2D eigenvalue weighted by molar-refractivity contribution is -0.131. The molecule has 2 aliphatic rings. The zero-order valence-electron chi connectivity index (χ0n) is 22.7. The maximum absolute atomic E-state index is 13.1. The van der Waals surface area contributed by atoms with E-state index < -0.39 is 10.0 Å². The van der Waals surface area contributed by atoms with Gasteiger partial charge in [0.1, 0.15) is 11.0 Å². The molecule has 2 aromatic carbocycles. The molecule has 0 spiro atoms. The van der Waals surface area contributed by atoms with Gasteiger partial charge in [-0.1, -0.05) is 18.1 Å². The molecule has 2 aliphatic heterocycles. The van der Waals surface area contributed by atoms with E-state index in [4.69, 9.17) is 0 Å². The topological polar surface area (TPSA) is 112 Å². The van der Waals surface area contributed by atoms with Crippen molar-refractivity contribution >= 4 is 43.6 Å². The average Bonchev–Trinajstić information content (AvgIpc) is 3.36. The first-order chi connectivity index (χ1) is 19.3. The smallest absolute Gasteiger partial charge is 0.277 e. The van der Waals surface area contributed by atoms with Gasteiger partial charge in [-0.25, -0.2) is 13.4 Å². The molecule has 40 heavy (non-hydrogen) atoms. The van der Waals surface area contributed by atoms with E-state index in [-0.39, 0.29) is 24.4 Å². The number of nitrogens with one attached hydrogen (secondary N) is 1. The predicted octanol–water partition coefficient (Wildman–Crippen LogP) is 3.10. The fraction of sp³-hybridized carbons (Fsp3) is 0.414. The second kappa shape index (κ2) is 10.7. The van der Waals surface area contributed by atoms with Gasteiger partial charge in [-0.15, -0.1) is 0 Å². The zero-order chi connectivity index (χ0) is 27.9. The number of aromatic nitrogens is 3. The van der Waals surface area contributed by atoms with Crippen LogP contribution in [-0.2, 0) is 21.4 Å². The highest BCUT2D eigenvalue weighted by molar-refractivity contribution is 7.89. The van der Waals surface area contributed by atoms with Crippen LogP contribution < -0.4 is 10.5 Å². The highest BCUT2D eigenvalue weighted by atomic mass is 32.2. The van der Waals surface area contributed by atoms with Crippen molar-refractivity contribution in [1.82, 2.24) is 23.7 Å². The van der Waals surface area contributed by atoms with Crippen LogP contribution in [0, 0.1) is 6.92 Å². The zero-order valence-corrected chi connectivity index (χ0v) is 23.5. The summed E-state index contributed by atoms with van der Waals surface area (Å²) in [6.45, 7) is 5.90. The third-order valence-electron chi connectivity index (χ3n) is 8.08. The molecule has 0 atom stereocenters. The van der Waals surface area contributed by atoms with Crippen LogP contribution in [0.3, 0.4) is 0 Å². The van der Waals surface area contributed by atoms with E-state index in [1.54, 1.807) is 16.4 Å². The number of fused-ring (bicyclic) bond motifs is 3. The third kappa shape index (κ3) is 4.99. The van der Waals surface area contributed by atoms with Crippen molar-refractivity contribution < 1.29 is 13.2 Å². The van der Waals surface area contributed by atoms with Crippen LogP contribution in [0.25, 0.3) is 21.9 Å². The van der Waals surface area contributed by atoms with E-state index in [9.17, 15) is 18.0 Å². The van der Waals surface area contributed by atoms with Crippen molar-refractivity contribution in [3.8, 4) is 0 Å². The number of aryl methyl sites for hydroxylation is 2. The Morgan fingerprint density at radius 3 is 2.40 bits per heavy atom. The monoisotopic (exact) mass is 562 g/mol. The molecule has 0 saturated carbocycles. The molecule has 0 unspecified atom stereocenters. The van der Waals surface area contributed by atoms with Gasteiger partial charge in [-0.05, 0) is 56.2 Å². The normalized spacial score (nSPS) is 17.1. The summed E-state index contributed by atoms with van der Waals surface area (Å²) in [6, 6.07) is 13.0. The number of piperazine rings is 1. The number of nitrogens with zero attached hydrogens (tertiary/aromatic N) is 5. The molecule has 0 aliphatic carbocycles. The van der Waals surface area contributed by atoms with E-state index >= 15 is 0 Å². The molecule has 1 N–H and O–H groups in total. The number of rotatable bonds is 6. The van der Waals surface area contributed by atoms with Crippen molar-refractivity contribution in [2.75, 3.05) is 44.2 Å². The van der Waals surface area contributed by atoms with Gasteiger partial charge in [0.15, 0.2) is 0 Å². The lowest BCUT2D eigenvalue weighted by Crippen LogP contribution is -2.49. The Labute approximate surface area is 233 Å². The summed E-state index contributed by atoms with van der Waals surface area (Å²) in [5.41, 5.74) is 3.85. The van der Waals surface area contributed by atoms with Crippen molar-refractivity contribution in [1.29, 1.82) is 0 Å². The molecule has 2 saturated heterocycles. The molecule has 11 heteroatoms. The van der Waals surface area contributed by atoms with Crippen molar-refractivity contribution in [2.24, 2.45) is 0 Å².